The molecule has 1 heterocycles. The molecule has 1 amide bonds. The first-order chi connectivity index (χ1) is 7.91. The number of rotatable bonds is 4. The van der Waals surface area contributed by atoms with Crippen LogP contribution in [-0.4, -0.2) is 42.5 Å². The molecule has 17 heavy (non-hydrogen) atoms. The van der Waals surface area contributed by atoms with Gasteiger partial charge in [0.25, 0.3) is 5.91 Å². The molecule has 4 nitrogen and oxygen atoms in total. The zero-order chi connectivity index (χ0) is 13.0. The zero-order valence-corrected chi connectivity index (χ0v) is 10.00. The van der Waals surface area contributed by atoms with Gasteiger partial charge in [0.2, 0.25) is 5.95 Å². The van der Waals surface area contributed by atoms with Crippen LogP contribution in [0, 0.1) is 11.8 Å². The smallest absolute Gasteiger partial charge is 0.254 e. The van der Waals surface area contributed by atoms with Gasteiger partial charge < -0.3 is 10.2 Å². The third kappa shape index (κ3) is 3.74. The molecule has 1 aromatic rings. The molecule has 0 aliphatic carbocycles. The number of likely N-dealkylation sites (N-methyl/N-ethyl adjacent to an activating group) is 1. The summed E-state index contributed by atoms with van der Waals surface area (Å²) < 4.78 is 26.1. The van der Waals surface area contributed by atoms with Gasteiger partial charge in [0.05, 0.1) is 5.56 Å². The number of nitrogens with zero attached hydrogens (tertiary/aromatic N) is 2. The Kier molecular flexibility index (Phi) is 4.51. The Bertz CT molecular complexity index is 410. The van der Waals surface area contributed by atoms with Crippen molar-refractivity contribution in [2.75, 3.05) is 20.6 Å². The summed E-state index contributed by atoms with van der Waals surface area (Å²) >= 11 is 0. The second-order valence-electron chi connectivity index (χ2n) is 4.10. The lowest BCUT2D eigenvalue weighted by Crippen LogP contribution is -2.39. The highest BCUT2D eigenvalue weighted by molar-refractivity contribution is 5.94. The van der Waals surface area contributed by atoms with Crippen LogP contribution in [0.2, 0.25) is 0 Å². The third-order valence-corrected chi connectivity index (χ3v) is 2.11. The van der Waals surface area contributed by atoms with Gasteiger partial charge >= 0.3 is 0 Å². The van der Waals surface area contributed by atoms with Crippen LogP contribution in [0.25, 0.3) is 0 Å². The summed E-state index contributed by atoms with van der Waals surface area (Å²) in [4.78, 5) is 16.6. The first-order valence-corrected chi connectivity index (χ1v) is 5.17. The van der Waals surface area contributed by atoms with E-state index in [-0.39, 0.29) is 11.6 Å². The van der Waals surface area contributed by atoms with Gasteiger partial charge in [-0.15, -0.1) is 0 Å². The number of amides is 1. The molecule has 0 saturated heterocycles. The maximum absolute atomic E-state index is 13.3. The molecule has 0 saturated carbocycles. The lowest BCUT2D eigenvalue weighted by atomic mass is 10.2. The molecule has 0 bridgehead atoms. The van der Waals surface area contributed by atoms with Crippen molar-refractivity contribution in [2.24, 2.45) is 0 Å². The predicted octanol–water partition coefficient (Wildman–Crippen LogP) is 1.04. The largest absolute Gasteiger partial charge is 0.348 e. The Morgan fingerprint density at radius 1 is 1.53 bits per heavy atom. The molecule has 1 atom stereocenters. The molecule has 0 radical (unpaired) electrons. The fourth-order valence-electron chi connectivity index (χ4n) is 1.49. The molecule has 94 valence electrons. The van der Waals surface area contributed by atoms with E-state index in [2.05, 4.69) is 10.3 Å². The van der Waals surface area contributed by atoms with Crippen molar-refractivity contribution in [3.05, 3.63) is 29.6 Å². The van der Waals surface area contributed by atoms with E-state index in [1.807, 2.05) is 19.0 Å². The minimum atomic E-state index is -1.27. The summed E-state index contributed by atoms with van der Waals surface area (Å²) in [5.41, 5.74) is -0.330. The Morgan fingerprint density at radius 3 is 2.76 bits per heavy atom. The molecule has 0 spiro atoms. The number of pyridine rings is 1. The summed E-state index contributed by atoms with van der Waals surface area (Å²) in [5.74, 6) is -3.13. The molecule has 0 aliphatic heterocycles. The van der Waals surface area contributed by atoms with Gasteiger partial charge in [-0.3, -0.25) is 4.79 Å². The topological polar surface area (TPSA) is 45.2 Å². The number of hydrogen-bond donors (Lipinski definition) is 1. The maximum Gasteiger partial charge on any atom is 0.254 e. The van der Waals surface area contributed by atoms with Gasteiger partial charge in [-0.2, -0.15) is 4.39 Å². The number of aromatic nitrogens is 1. The van der Waals surface area contributed by atoms with E-state index in [0.29, 0.717) is 6.54 Å². The number of nitrogens with one attached hydrogen (secondary N) is 1. The molecule has 0 aliphatic rings. The zero-order valence-electron chi connectivity index (χ0n) is 10.00. The van der Waals surface area contributed by atoms with E-state index in [9.17, 15) is 13.6 Å². The van der Waals surface area contributed by atoms with E-state index in [1.165, 1.54) is 0 Å². The number of hydrogen-bond acceptors (Lipinski definition) is 3. The minimum absolute atomic E-state index is 0.159. The average molecular weight is 243 g/mol. The number of carbonyl (C=O) groups excluding carboxylic acids is 1. The predicted molar refractivity (Wildman–Crippen MR) is 59.6 cm³/mol. The summed E-state index contributed by atoms with van der Waals surface area (Å²) in [6, 6.07) is 0.990. The van der Waals surface area contributed by atoms with E-state index >= 15 is 0 Å². The van der Waals surface area contributed by atoms with Gasteiger partial charge in [0.1, 0.15) is 0 Å². The SMILES string of the molecule is CC(CN(C)C)NC(=O)c1ccnc(F)c1F. The highest BCUT2D eigenvalue weighted by Gasteiger charge is 2.17. The maximum atomic E-state index is 13.3. The molecule has 6 heteroatoms. The van der Waals surface area contributed by atoms with Crippen LogP contribution in [-0.2, 0) is 0 Å². The monoisotopic (exact) mass is 243 g/mol. The molecule has 1 unspecified atom stereocenters. The number of carbonyl (C=O) groups is 1. The normalized spacial score (nSPS) is 12.6. The highest BCUT2D eigenvalue weighted by Crippen LogP contribution is 2.08. The van der Waals surface area contributed by atoms with Gasteiger partial charge in [-0.05, 0) is 27.1 Å². The van der Waals surface area contributed by atoms with Crippen LogP contribution >= 0.6 is 0 Å². The molecular formula is C11H15F2N3O. The lowest BCUT2D eigenvalue weighted by molar-refractivity contribution is 0.0929. The van der Waals surface area contributed by atoms with E-state index in [4.69, 9.17) is 0 Å². The van der Waals surface area contributed by atoms with Crippen molar-refractivity contribution >= 4 is 5.91 Å². The Balaban J connectivity index is 2.73. The summed E-state index contributed by atoms with van der Waals surface area (Å²) in [6.07, 6.45) is 1.06. The molecule has 1 N–H and O–H groups in total. The van der Waals surface area contributed by atoms with Crippen molar-refractivity contribution in [2.45, 2.75) is 13.0 Å². The standard InChI is InChI=1S/C11H15F2N3O/c1-7(6-16(2)3)15-11(17)8-4-5-14-10(13)9(8)12/h4-5,7H,6H2,1-3H3,(H,15,17). The van der Waals surface area contributed by atoms with Crippen molar-refractivity contribution < 1.29 is 13.6 Å². The molecular weight excluding hydrogens is 228 g/mol. The molecule has 1 aromatic heterocycles. The van der Waals surface area contributed by atoms with Crippen molar-refractivity contribution in [3.8, 4) is 0 Å². The average Bonchev–Trinajstić information content (AvgIpc) is 2.20. The van der Waals surface area contributed by atoms with Crippen molar-refractivity contribution in [1.82, 2.24) is 15.2 Å². The third-order valence-electron chi connectivity index (χ3n) is 2.11. The van der Waals surface area contributed by atoms with Gasteiger partial charge in [-0.25, -0.2) is 9.37 Å². The van der Waals surface area contributed by atoms with Crippen molar-refractivity contribution in [1.29, 1.82) is 0 Å². The summed E-state index contributed by atoms with van der Waals surface area (Å²) in [6.45, 7) is 2.40. The lowest BCUT2D eigenvalue weighted by Gasteiger charge is -2.18. The summed E-state index contributed by atoms with van der Waals surface area (Å²) in [7, 11) is 3.71. The van der Waals surface area contributed by atoms with Crippen LogP contribution in [0.3, 0.4) is 0 Å². The van der Waals surface area contributed by atoms with Gasteiger partial charge in [0, 0.05) is 18.8 Å². The van der Waals surface area contributed by atoms with Gasteiger partial charge in [-0.1, -0.05) is 0 Å². The fourth-order valence-corrected chi connectivity index (χ4v) is 1.49. The quantitative estimate of drug-likeness (QED) is 0.804. The first-order valence-electron chi connectivity index (χ1n) is 5.17. The van der Waals surface area contributed by atoms with Gasteiger partial charge in [0.15, 0.2) is 5.82 Å². The first kappa shape index (κ1) is 13.5. The Hall–Kier alpha value is -1.56. The molecule has 1 rings (SSSR count). The van der Waals surface area contributed by atoms with Crippen LogP contribution in [0.5, 0.6) is 0 Å². The Morgan fingerprint density at radius 2 is 2.18 bits per heavy atom. The van der Waals surface area contributed by atoms with Crippen LogP contribution in [0.15, 0.2) is 12.3 Å². The highest BCUT2D eigenvalue weighted by atomic mass is 19.2. The van der Waals surface area contributed by atoms with Crippen LogP contribution in [0.4, 0.5) is 8.78 Å². The minimum Gasteiger partial charge on any atom is -0.348 e. The summed E-state index contributed by atoms with van der Waals surface area (Å²) in [5, 5.41) is 2.58. The van der Waals surface area contributed by atoms with Crippen molar-refractivity contribution in [3.63, 3.8) is 0 Å². The van der Waals surface area contributed by atoms with Crippen LogP contribution in [0.1, 0.15) is 17.3 Å². The van der Waals surface area contributed by atoms with Crippen LogP contribution < -0.4 is 5.32 Å². The fraction of sp³-hybridized carbons (Fsp3) is 0.455. The van der Waals surface area contributed by atoms with E-state index in [1.54, 1.807) is 6.92 Å². The van der Waals surface area contributed by atoms with E-state index < -0.39 is 17.7 Å². The number of halogens is 2. The molecule has 0 fully saturated rings. The second-order valence-corrected chi connectivity index (χ2v) is 4.10. The molecule has 0 aromatic carbocycles. The van der Waals surface area contributed by atoms with E-state index in [0.717, 1.165) is 12.3 Å². The second kappa shape index (κ2) is 5.67. The Labute approximate surface area is 98.6 Å².